The molecule has 1 fully saturated rings. The molecule has 2 aromatic carbocycles. The first-order chi connectivity index (χ1) is 15.4. The number of carbonyl (C=O) groups is 1. The highest BCUT2D eigenvalue weighted by Gasteiger charge is 2.32. The number of hydrogen-bond acceptors (Lipinski definition) is 4. The van der Waals surface area contributed by atoms with Crippen molar-refractivity contribution in [3.05, 3.63) is 64.8 Å². The summed E-state index contributed by atoms with van der Waals surface area (Å²) in [7, 11) is 1.64. The van der Waals surface area contributed by atoms with Gasteiger partial charge in [0.2, 0.25) is 0 Å². The predicted octanol–water partition coefficient (Wildman–Crippen LogP) is 5.13. The van der Waals surface area contributed by atoms with Gasteiger partial charge in [-0.3, -0.25) is 4.90 Å². The zero-order chi connectivity index (χ0) is 22.8. The molecule has 4 rings (SSSR count). The van der Waals surface area contributed by atoms with Crippen molar-refractivity contribution in [2.45, 2.75) is 45.1 Å². The van der Waals surface area contributed by atoms with Crippen molar-refractivity contribution in [1.29, 1.82) is 0 Å². The third-order valence-electron chi connectivity index (χ3n) is 6.20. The number of alkyl halides is 2. The van der Waals surface area contributed by atoms with E-state index in [9.17, 15) is 18.7 Å². The number of H-pyrrole nitrogens is 1. The van der Waals surface area contributed by atoms with E-state index in [1.54, 1.807) is 31.4 Å². The van der Waals surface area contributed by atoms with E-state index in [0.29, 0.717) is 25.9 Å². The number of fused-ring (bicyclic) bond motifs is 1. The molecule has 1 aliphatic rings. The Balaban J connectivity index is 1.68. The Hall–Kier alpha value is -2.97. The van der Waals surface area contributed by atoms with E-state index in [2.05, 4.69) is 9.88 Å². The van der Waals surface area contributed by atoms with Crippen molar-refractivity contribution >= 4 is 16.9 Å². The second-order valence-corrected chi connectivity index (χ2v) is 8.10. The maximum absolute atomic E-state index is 12.9. The first kappa shape index (κ1) is 22.2. The molecule has 0 saturated carbocycles. The number of aromatic amines is 1. The molecule has 170 valence electrons. The van der Waals surface area contributed by atoms with Gasteiger partial charge in [0, 0.05) is 41.8 Å². The molecule has 6 nitrogen and oxygen atoms in total. The van der Waals surface area contributed by atoms with Crippen molar-refractivity contribution in [2.75, 3.05) is 13.7 Å². The number of aryl methyl sites for hydroxylation is 1. The van der Waals surface area contributed by atoms with Gasteiger partial charge in [-0.1, -0.05) is 12.1 Å². The van der Waals surface area contributed by atoms with Crippen molar-refractivity contribution in [1.82, 2.24) is 9.88 Å². The van der Waals surface area contributed by atoms with Crippen LogP contribution in [0.2, 0.25) is 0 Å². The van der Waals surface area contributed by atoms with Gasteiger partial charge in [-0.2, -0.15) is 8.78 Å². The molecule has 0 unspecified atom stereocenters. The van der Waals surface area contributed by atoms with Gasteiger partial charge in [-0.15, -0.1) is 0 Å². The molecule has 0 bridgehead atoms. The summed E-state index contributed by atoms with van der Waals surface area (Å²) >= 11 is 0. The molecule has 3 aromatic rings. The number of carboxylic acid groups (broad SMARTS) is 1. The third-order valence-corrected chi connectivity index (χ3v) is 6.20. The molecule has 8 heteroatoms. The lowest BCUT2D eigenvalue weighted by molar-refractivity contribution is -0.178. The van der Waals surface area contributed by atoms with Crippen LogP contribution in [0.15, 0.2) is 42.6 Å². The van der Waals surface area contributed by atoms with Gasteiger partial charge in [0.15, 0.2) is 0 Å². The maximum Gasteiger partial charge on any atom is 0.345 e. The van der Waals surface area contributed by atoms with Crippen LogP contribution in [0.3, 0.4) is 0 Å². The number of aromatic carboxylic acids is 1. The molecule has 2 N–H and O–H groups in total. The van der Waals surface area contributed by atoms with Gasteiger partial charge in [0.1, 0.15) is 5.75 Å². The summed E-state index contributed by atoms with van der Waals surface area (Å²) in [4.78, 5) is 16.7. The van der Waals surface area contributed by atoms with E-state index in [1.165, 1.54) is 0 Å². The Morgan fingerprint density at radius 3 is 2.69 bits per heavy atom. The largest absolute Gasteiger partial charge is 0.496 e. The van der Waals surface area contributed by atoms with Crippen LogP contribution in [-0.4, -0.2) is 47.3 Å². The molecule has 0 aliphatic carbocycles. The maximum atomic E-state index is 12.9. The minimum absolute atomic E-state index is 0.186. The average molecular weight is 444 g/mol. The number of likely N-dealkylation sites (tertiary alicyclic amines) is 1. The normalized spacial score (nSPS) is 19.5. The molecule has 0 radical (unpaired) electrons. The van der Waals surface area contributed by atoms with Crippen molar-refractivity contribution < 1.29 is 28.2 Å². The standard InChI is InChI=1S/C24H26F2N2O4/c1-14-11-21(31-2)19(18-7-9-27-22(14)18)13-28-10-8-17(32-24(25)26)12-20(28)15-3-5-16(6-4-15)23(29)30/h3-7,9,11,17,20,24,27H,8,10,12-13H2,1-2H3,(H,29,30)/t17-,20-/m1/s1. The van der Waals surface area contributed by atoms with Crippen LogP contribution >= 0.6 is 0 Å². The number of halogens is 2. The number of nitrogens with one attached hydrogen (secondary N) is 1. The zero-order valence-electron chi connectivity index (χ0n) is 18.0. The monoisotopic (exact) mass is 444 g/mol. The Labute approximate surface area is 184 Å². The fourth-order valence-electron chi connectivity index (χ4n) is 4.62. The first-order valence-electron chi connectivity index (χ1n) is 10.5. The SMILES string of the molecule is COc1cc(C)c2[nH]ccc2c1CN1CC[C@@H](OC(F)F)C[C@@H]1c1ccc(C(=O)O)cc1. The molecule has 0 spiro atoms. The highest BCUT2D eigenvalue weighted by atomic mass is 19.3. The summed E-state index contributed by atoms with van der Waals surface area (Å²) < 4.78 is 36.3. The summed E-state index contributed by atoms with van der Waals surface area (Å²) in [6, 6.07) is 10.4. The van der Waals surface area contributed by atoms with Crippen molar-refractivity contribution in [3.63, 3.8) is 0 Å². The molecule has 1 saturated heterocycles. The van der Waals surface area contributed by atoms with Gasteiger partial charge in [0.25, 0.3) is 0 Å². The number of methoxy groups -OCH3 is 1. The van der Waals surface area contributed by atoms with Crippen LogP contribution in [0.1, 0.15) is 45.9 Å². The minimum atomic E-state index is -2.82. The molecule has 2 atom stereocenters. The number of aromatic nitrogens is 1. The number of ether oxygens (including phenoxy) is 2. The summed E-state index contributed by atoms with van der Waals surface area (Å²) in [5.41, 5.74) is 4.20. The molecule has 1 aliphatic heterocycles. The second kappa shape index (κ2) is 9.26. The van der Waals surface area contributed by atoms with Crippen LogP contribution in [0.5, 0.6) is 5.75 Å². The highest BCUT2D eigenvalue weighted by molar-refractivity contribution is 5.88. The van der Waals surface area contributed by atoms with Crippen LogP contribution in [-0.2, 0) is 11.3 Å². The topological polar surface area (TPSA) is 74.8 Å². The van der Waals surface area contributed by atoms with Crippen LogP contribution < -0.4 is 4.74 Å². The smallest absolute Gasteiger partial charge is 0.345 e. The molecule has 32 heavy (non-hydrogen) atoms. The van der Waals surface area contributed by atoms with E-state index in [0.717, 1.165) is 33.3 Å². The van der Waals surface area contributed by atoms with E-state index in [-0.39, 0.29) is 11.6 Å². The van der Waals surface area contributed by atoms with Crippen LogP contribution in [0.4, 0.5) is 8.78 Å². The fraction of sp³-hybridized carbons (Fsp3) is 0.375. The first-order valence-corrected chi connectivity index (χ1v) is 10.5. The highest BCUT2D eigenvalue weighted by Crippen LogP contribution is 2.38. The van der Waals surface area contributed by atoms with Crippen molar-refractivity contribution in [2.24, 2.45) is 0 Å². The number of nitrogens with zero attached hydrogens (tertiary/aromatic N) is 1. The van der Waals surface area contributed by atoms with Crippen LogP contribution in [0.25, 0.3) is 10.9 Å². The summed E-state index contributed by atoms with van der Waals surface area (Å²) in [5, 5.41) is 10.3. The summed E-state index contributed by atoms with van der Waals surface area (Å²) in [6.45, 7) is 0.319. The van der Waals surface area contributed by atoms with Gasteiger partial charge in [-0.05, 0) is 55.2 Å². The molecular weight excluding hydrogens is 418 g/mol. The fourth-order valence-corrected chi connectivity index (χ4v) is 4.62. The number of piperidine rings is 1. The molecular formula is C24H26F2N2O4. The van der Waals surface area contributed by atoms with E-state index >= 15 is 0 Å². The van der Waals surface area contributed by atoms with Gasteiger partial charge in [-0.25, -0.2) is 4.79 Å². The zero-order valence-corrected chi connectivity index (χ0v) is 18.0. The van der Waals surface area contributed by atoms with Gasteiger partial charge >= 0.3 is 12.6 Å². The molecule has 0 amide bonds. The molecule has 1 aromatic heterocycles. The Morgan fingerprint density at radius 2 is 2.03 bits per heavy atom. The Morgan fingerprint density at radius 1 is 1.28 bits per heavy atom. The summed E-state index contributed by atoms with van der Waals surface area (Å²) in [5.74, 6) is -0.226. The Bertz CT molecular complexity index is 1100. The third kappa shape index (κ3) is 4.47. The van der Waals surface area contributed by atoms with Gasteiger partial charge < -0.3 is 19.6 Å². The van der Waals surface area contributed by atoms with Gasteiger partial charge in [0.05, 0.1) is 18.8 Å². The summed E-state index contributed by atoms with van der Waals surface area (Å²) in [6.07, 6.45) is 2.20. The number of hydrogen-bond donors (Lipinski definition) is 2. The predicted molar refractivity (Wildman–Crippen MR) is 116 cm³/mol. The quantitative estimate of drug-likeness (QED) is 0.529. The number of carboxylic acids is 1. The van der Waals surface area contributed by atoms with E-state index < -0.39 is 18.7 Å². The van der Waals surface area contributed by atoms with E-state index in [1.807, 2.05) is 25.3 Å². The minimum Gasteiger partial charge on any atom is -0.496 e. The lowest BCUT2D eigenvalue weighted by Gasteiger charge is -2.40. The van der Waals surface area contributed by atoms with E-state index in [4.69, 9.17) is 9.47 Å². The second-order valence-electron chi connectivity index (χ2n) is 8.10. The Kier molecular flexibility index (Phi) is 6.43. The molecule has 2 heterocycles. The lowest BCUT2D eigenvalue weighted by Crippen LogP contribution is -2.40. The average Bonchev–Trinajstić information content (AvgIpc) is 3.27. The number of benzene rings is 2. The number of rotatable bonds is 7. The van der Waals surface area contributed by atoms with Crippen LogP contribution in [0, 0.1) is 6.92 Å². The lowest BCUT2D eigenvalue weighted by atomic mass is 9.91. The van der Waals surface area contributed by atoms with Crippen molar-refractivity contribution in [3.8, 4) is 5.75 Å².